The van der Waals surface area contributed by atoms with Crippen LogP contribution in [-0.4, -0.2) is 12.6 Å². The van der Waals surface area contributed by atoms with Crippen LogP contribution in [0.1, 0.15) is 25.3 Å². The van der Waals surface area contributed by atoms with E-state index in [0.29, 0.717) is 6.04 Å². The van der Waals surface area contributed by atoms with Gasteiger partial charge in [-0.05, 0) is 54.2 Å². The summed E-state index contributed by atoms with van der Waals surface area (Å²) in [4.78, 5) is 2.50. The van der Waals surface area contributed by atoms with E-state index >= 15 is 0 Å². The van der Waals surface area contributed by atoms with Crippen LogP contribution in [0.4, 0.5) is 5.69 Å². The Hall–Kier alpha value is -0.500. The third kappa shape index (κ3) is 1.68. The van der Waals surface area contributed by atoms with Crippen molar-refractivity contribution in [3.8, 4) is 0 Å². The van der Waals surface area contributed by atoms with Gasteiger partial charge in [0.2, 0.25) is 0 Å². The molecule has 0 N–H and O–H groups in total. The Labute approximate surface area is 94.2 Å². The lowest BCUT2D eigenvalue weighted by atomic mass is 10.2. The molecule has 1 heterocycles. The van der Waals surface area contributed by atoms with E-state index in [1.165, 1.54) is 35.1 Å². The highest BCUT2D eigenvalue weighted by atomic mass is 79.9. The Bertz CT molecular complexity index is 335. The van der Waals surface area contributed by atoms with E-state index in [-0.39, 0.29) is 0 Å². The lowest BCUT2D eigenvalue weighted by Gasteiger charge is -2.25. The third-order valence-electron chi connectivity index (χ3n) is 3.03. The first-order valence-electron chi connectivity index (χ1n) is 5.22. The minimum atomic E-state index is 0.688. The monoisotopic (exact) mass is 253 g/mol. The zero-order valence-electron chi connectivity index (χ0n) is 8.76. The van der Waals surface area contributed by atoms with Crippen molar-refractivity contribution >= 4 is 21.6 Å². The molecule has 1 aromatic rings. The minimum Gasteiger partial charge on any atom is -0.368 e. The summed E-state index contributed by atoms with van der Waals surface area (Å²) in [5, 5.41) is 0. The Morgan fingerprint density at radius 2 is 2.21 bits per heavy atom. The quantitative estimate of drug-likeness (QED) is 0.737. The van der Waals surface area contributed by atoms with Crippen LogP contribution in [0, 0.1) is 6.92 Å². The van der Waals surface area contributed by atoms with Crippen LogP contribution in [0.15, 0.2) is 22.7 Å². The molecule has 1 aromatic carbocycles. The smallest absolute Gasteiger partial charge is 0.0515 e. The number of hydrogen-bond acceptors (Lipinski definition) is 1. The van der Waals surface area contributed by atoms with Crippen molar-refractivity contribution in [1.29, 1.82) is 0 Å². The van der Waals surface area contributed by atoms with Gasteiger partial charge in [-0.3, -0.25) is 0 Å². The Kier molecular flexibility index (Phi) is 2.82. The van der Waals surface area contributed by atoms with E-state index < -0.39 is 0 Å². The first kappa shape index (κ1) is 10.0. The second kappa shape index (κ2) is 3.93. The number of rotatable bonds is 1. The first-order chi connectivity index (χ1) is 6.70. The number of nitrogens with zero attached hydrogens (tertiary/aromatic N) is 1. The van der Waals surface area contributed by atoms with Crippen molar-refractivity contribution in [3.05, 3.63) is 28.2 Å². The fraction of sp³-hybridized carbons (Fsp3) is 0.500. The van der Waals surface area contributed by atoms with Crippen LogP contribution in [0.2, 0.25) is 0 Å². The molecule has 0 aliphatic carbocycles. The molecule has 14 heavy (non-hydrogen) atoms. The molecule has 1 aliphatic heterocycles. The zero-order chi connectivity index (χ0) is 10.1. The third-order valence-corrected chi connectivity index (χ3v) is 4.07. The average molecular weight is 254 g/mol. The van der Waals surface area contributed by atoms with E-state index in [4.69, 9.17) is 0 Å². The first-order valence-corrected chi connectivity index (χ1v) is 6.01. The summed E-state index contributed by atoms with van der Waals surface area (Å²) in [5.74, 6) is 0. The lowest BCUT2D eigenvalue weighted by Crippen LogP contribution is -2.26. The summed E-state index contributed by atoms with van der Waals surface area (Å²) in [7, 11) is 0. The number of anilines is 1. The summed E-state index contributed by atoms with van der Waals surface area (Å²) < 4.78 is 1.26. The summed E-state index contributed by atoms with van der Waals surface area (Å²) in [5.41, 5.74) is 2.68. The van der Waals surface area contributed by atoms with Crippen LogP contribution in [0.3, 0.4) is 0 Å². The number of hydrogen-bond donors (Lipinski definition) is 0. The maximum Gasteiger partial charge on any atom is 0.0515 e. The highest BCUT2D eigenvalue weighted by Crippen LogP contribution is 2.33. The molecule has 2 rings (SSSR count). The molecule has 0 bridgehead atoms. The van der Waals surface area contributed by atoms with Crippen molar-refractivity contribution in [2.24, 2.45) is 0 Å². The van der Waals surface area contributed by atoms with Crippen LogP contribution in [0.5, 0.6) is 0 Å². The van der Waals surface area contributed by atoms with Gasteiger partial charge in [0.05, 0.1) is 5.69 Å². The molecule has 0 amide bonds. The molecular formula is C12H16BrN. The van der Waals surface area contributed by atoms with E-state index in [9.17, 15) is 0 Å². The summed E-state index contributed by atoms with van der Waals surface area (Å²) >= 11 is 3.68. The van der Waals surface area contributed by atoms with Gasteiger partial charge in [0.15, 0.2) is 0 Å². The van der Waals surface area contributed by atoms with Gasteiger partial charge in [0, 0.05) is 17.1 Å². The predicted molar refractivity (Wildman–Crippen MR) is 64.9 cm³/mol. The maximum absolute atomic E-state index is 3.68. The normalized spacial score (nSPS) is 21.6. The average Bonchev–Trinajstić information content (AvgIpc) is 2.57. The Balaban J connectivity index is 2.36. The predicted octanol–water partition coefficient (Wildman–Crippen LogP) is 3.75. The molecule has 1 saturated heterocycles. The van der Waals surface area contributed by atoms with Crippen molar-refractivity contribution < 1.29 is 0 Å². The molecule has 2 heteroatoms. The van der Waals surface area contributed by atoms with Crippen LogP contribution >= 0.6 is 15.9 Å². The molecule has 0 aromatic heterocycles. The van der Waals surface area contributed by atoms with Crippen LogP contribution in [0.25, 0.3) is 0 Å². The van der Waals surface area contributed by atoms with E-state index in [0.717, 1.165) is 0 Å². The van der Waals surface area contributed by atoms with Gasteiger partial charge in [-0.2, -0.15) is 0 Å². The molecule has 1 nitrogen and oxygen atoms in total. The van der Waals surface area contributed by atoms with Crippen LogP contribution in [-0.2, 0) is 0 Å². The van der Waals surface area contributed by atoms with Crippen LogP contribution < -0.4 is 4.90 Å². The zero-order valence-corrected chi connectivity index (χ0v) is 10.3. The number of aryl methyl sites for hydroxylation is 1. The fourth-order valence-corrected chi connectivity index (χ4v) is 2.64. The van der Waals surface area contributed by atoms with Gasteiger partial charge in [-0.15, -0.1) is 0 Å². The topological polar surface area (TPSA) is 3.24 Å². The minimum absolute atomic E-state index is 0.688. The molecule has 0 spiro atoms. The molecule has 76 valence electrons. The van der Waals surface area contributed by atoms with Gasteiger partial charge in [-0.1, -0.05) is 12.1 Å². The largest absolute Gasteiger partial charge is 0.368 e. The molecule has 0 radical (unpaired) electrons. The number of benzene rings is 1. The summed E-state index contributed by atoms with van der Waals surface area (Å²) in [6, 6.07) is 7.18. The second-order valence-electron chi connectivity index (χ2n) is 4.09. The summed E-state index contributed by atoms with van der Waals surface area (Å²) in [6.45, 7) is 5.65. The highest BCUT2D eigenvalue weighted by molar-refractivity contribution is 9.10. The Morgan fingerprint density at radius 3 is 2.86 bits per heavy atom. The van der Waals surface area contributed by atoms with Gasteiger partial charge in [0.25, 0.3) is 0 Å². The van der Waals surface area contributed by atoms with Crippen molar-refractivity contribution in [3.63, 3.8) is 0 Å². The molecule has 0 saturated carbocycles. The standard InChI is InChI=1S/C12H16BrN/c1-9-5-3-7-11(12(9)13)14-8-4-6-10(14)2/h3,5,7,10H,4,6,8H2,1-2H3. The van der Waals surface area contributed by atoms with Crippen molar-refractivity contribution in [2.45, 2.75) is 32.7 Å². The van der Waals surface area contributed by atoms with Crippen molar-refractivity contribution in [1.82, 2.24) is 0 Å². The molecular weight excluding hydrogens is 238 g/mol. The second-order valence-corrected chi connectivity index (χ2v) is 4.89. The molecule has 1 atom stereocenters. The molecule has 1 aliphatic rings. The van der Waals surface area contributed by atoms with Gasteiger partial charge in [0.1, 0.15) is 0 Å². The van der Waals surface area contributed by atoms with Crippen molar-refractivity contribution in [2.75, 3.05) is 11.4 Å². The van der Waals surface area contributed by atoms with E-state index in [1.807, 2.05) is 0 Å². The molecule has 1 unspecified atom stereocenters. The SMILES string of the molecule is Cc1cccc(N2CCCC2C)c1Br. The van der Waals surface area contributed by atoms with E-state index in [1.54, 1.807) is 0 Å². The van der Waals surface area contributed by atoms with E-state index in [2.05, 4.69) is 52.9 Å². The Morgan fingerprint density at radius 1 is 1.43 bits per heavy atom. The number of halogens is 1. The van der Waals surface area contributed by atoms with Gasteiger partial charge >= 0.3 is 0 Å². The van der Waals surface area contributed by atoms with Gasteiger partial charge < -0.3 is 4.90 Å². The molecule has 1 fully saturated rings. The summed E-state index contributed by atoms with van der Waals surface area (Å²) in [6.07, 6.45) is 2.64. The van der Waals surface area contributed by atoms with Gasteiger partial charge in [-0.25, -0.2) is 0 Å². The lowest BCUT2D eigenvalue weighted by molar-refractivity contribution is 0.734. The maximum atomic E-state index is 3.68. The fourth-order valence-electron chi connectivity index (χ4n) is 2.14. The highest BCUT2D eigenvalue weighted by Gasteiger charge is 2.22.